The highest BCUT2D eigenvalue weighted by Gasteiger charge is 2.13. The SMILES string of the molecule is OC(CBr)COC1CCCCCCC1. The second-order valence-electron chi connectivity index (χ2n) is 4.11. The Morgan fingerprint density at radius 2 is 1.71 bits per heavy atom. The van der Waals surface area contributed by atoms with E-state index in [-0.39, 0.29) is 6.10 Å². The average Bonchev–Trinajstić information content (AvgIpc) is 2.15. The van der Waals surface area contributed by atoms with E-state index in [4.69, 9.17) is 4.74 Å². The van der Waals surface area contributed by atoms with Crippen molar-refractivity contribution in [1.82, 2.24) is 0 Å². The maximum Gasteiger partial charge on any atom is 0.0870 e. The van der Waals surface area contributed by atoms with Gasteiger partial charge in [0.15, 0.2) is 0 Å². The number of alkyl halides is 1. The lowest BCUT2D eigenvalue weighted by atomic mass is 9.98. The van der Waals surface area contributed by atoms with Crippen molar-refractivity contribution < 1.29 is 9.84 Å². The van der Waals surface area contributed by atoms with Crippen molar-refractivity contribution in [3.05, 3.63) is 0 Å². The second kappa shape index (κ2) is 7.66. The van der Waals surface area contributed by atoms with Crippen molar-refractivity contribution in [1.29, 1.82) is 0 Å². The Hall–Kier alpha value is 0.400. The van der Waals surface area contributed by atoms with Gasteiger partial charge in [-0.25, -0.2) is 0 Å². The predicted octanol–water partition coefficient (Wildman–Crippen LogP) is 2.87. The summed E-state index contributed by atoms with van der Waals surface area (Å²) in [6.45, 7) is 0.482. The van der Waals surface area contributed by atoms with Gasteiger partial charge in [-0.15, -0.1) is 0 Å². The summed E-state index contributed by atoms with van der Waals surface area (Å²) < 4.78 is 5.69. The molecule has 2 nitrogen and oxygen atoms in total. The Morgan fingerprint density at radius 1 is 1.14 bits per heavy atom. The third kappa shape index (κ3) is 5.32. The lowest BCUT2D eigenvalue weighted by Gasteiger charge is -2.21. The third-order valence-corrected chi connectivity index (χ3v) is 3.50. The van der Waals surface area contributed by atoms with Gasteiger partial charge < -0.3 is 9.84 Å². The van der Waals surface area contributed by atoms with Crippen molar-refractivity contribution in [2.24, 2.45) is 0 Å². The summed E-state index contributed by atoms with van der Waals surface area (Å²) in [4.78, 5) is 0. The smallest absolute Gasteiger partial charge is 0.0870 e. The molecule has 1 aliphatic rings. The van der Waals surface area contributed by atoms with Crippen LogP contribution in [0.3, 0.4) is 0 Å². The minimum absolute atomic E-state index is 0.347. The molecular weight excluding hydrogens is 244 g/mol. The van der Waals surface area contributed by atoms with Crippen LogP contribution in [0.25, 0.3) is 0 Å². The van der Waals surface area contributed by atoms with Gasteiger partial charge in [0.1, 0.15) is 0 Å². The standard InChI is InChI=1S/C11H21BrO2/c12-8-10(13)9-14-11-6-4-2-1-3-5-7-11/h10-11,13H,1-9H2. The highest BCUT2D eigenvalue weighted by atomic mass is 79.9. The third-order valence-electron chi connectivity index (χ3n) is 2.75. The van der Waals surface area contributed by atoms with Crippen LogP contribution in [-0.4, -0.2) is 29.3 Å². The summed E-state index contributed by atoms with van der Waals surface area (Å²) in [6.07, 6.45) is 9.05. The zero-order chi connectivity index (χ0) is 10.2. The van der Waals surface area contributed by atoms with Gasteiger partial charge in [0.25, 0.3) is 0 Å². The summed E-state index contributed by atoms with van der Waals surface area (Å²) in [5, 5.41) is 9.95. The Balaban J connectivity index is 2.13. The molecule has 0 heterocycles. The van der Waals surface area contributed by atoms with E-state index in [2.05, 4.69) is 15.9 Å². The highest BCUT2D eigenvalue weighted by molar-refractivity contribution is 9.09. The molecule has 1 saturated carbocycles. The molecule has 3 heteroatoms. The molecule has 0 saturated heterocycles. The van der Waals surface area contributed by atoms with E-state index >= 15 is 0 Å². The maximum absolute atomic E-state index is 9.34. The Morgan fingerprint density at radius 3 is 2.29 bits per heavy atom. The molecule has 0 radical (unpaired) electrons. The van der Waals surface area contributed by atoms with Crippen LogP contribution in [0.15, 0.2) is 0 Å². The van der Waals surface area contributed by atoms with E-state index in [1.807, 2.05) is 0 Å². The van der Waals surface area contributed by atoms with E-state index < -0.39 is 0 Å². The number of hydrogen-bond acceptors (Lipinski definition) is 2. The summed E-state index contributed by atoms with van der Waals surface area (Å²) >= 11 is 3.24. The fourth-order valence-electron chi connectivity index (χ4n) is 1.88. The molecule has 1 N–H and O–H groups in total. The Bertz CT molecular complexity index is 133. The normalized spacial score (nSPS) is 22.7. The number of aliphatic hydroxyl groups excluding tert-OH is 1. The lowest BCUT2D eigenvalue weighted by Crippen LogP contribution is -2.23. The molecule has 1 unspecified atom stereocenters. The zero-order valence-electron chi connectivity index (χ0n) is 8.75. The summed E-state index contributed by atoms with van der Waals surface area (Å²) in [5.41, 5.74) is 0. The largest absolute Gasteiger partial charge is 0.390 e. The average molecular weight is 265 g/mol. The molecule has 0 aliphatic heterocycles. The molecule has 0 aromatic carbocycles. The molecule has 1 fully saturated rings. The molecule has 1 atom stereocenters. The Kier molecular flexibility index (Phi) is 6.82. The monoisotopic (exact) mass is 264 g/mol. The van der Waals surface area contributed by atoms with E-state index in [0.717, 1.165) is 0 Å². The summed E-state index contributed by atoms with van der Waals surface area (Å²) in [7, 11) is 0. The van der Waals surface area contributed by atoms with Crippen LogP contribution in [0.1, 0.15) is 44.9 Å². The van der Waals surface area contributed by atoms with E-state index in [9.17, 15) is 5.11 Å². The molecule has 1 aliphatic carbocycles. The molecule has 0 spiro atoms. The summed E-state index contributed by atoms with van der Waals surface area (Å²) in [5.74, 6) is 0. The Labute approximate surface area is 95.2 Å². The number of halogens is 1. The maximum atomic E-state index is 9.34. The molecule has 1 rings (SSSR count). The second-order valence-corrected chi connectivity index (χ2v) is 4.76. The van der Waals surface area contributed by atoms with Gasteiger partial charge in [-0.2, -0.15) is 0 Å². The molecular formula is C11H21BrO2. The van der Waals surface area contributed by atoms with Crippen molar-refractivity contribution in [3.63, 3.8) is 0 Å². The first kappa shape index (κ1) is 12.5. The fraction of sp³-hybridized carbons (Fsp3) is 1.00. The van der Waals surface area contributed by atoms with Gasteiger partial charge in [0, 0.05) is 5.33 Å². The minimum Gasteiger partial charge on any atom is -0.390 e. The van der Waals surface area contributed by atoms with Gasteiger partial charge in [0.05, 0.1) is 18.8 Å². The van der Waals surface area contributed by atoms with Gasteiger partial charge >= 0.3 is 0 Å². The number of ether oxygens (including phenoxy) is 1. The fourth-order valence-corrected chi connectivity index (χ4v) is 2.06. The molecule has 0 aromatic heterocycles. The number of aliphatic hydroxyl groups is 1. The minimum atomic E-state index is -0.347. The molecule has 0 aromatic rings. The lowest BCUT2D eigenvalue weighted by molar-refractivity contribution is -0.0115. The molecule has 84 valence electrons. The van der Waals surface area contributed by atoms with Crippen LogP contribution in [0.4, 0.5) is 0 Å². The predicted molar refractivity (Wildman–Crippen MR) is 61.9 cm³/mol. The van der Waals surface area contributed by atoms with Gasteiger partial charge in [0.2, 0.25) is 0 Å². The van der Waals surface area contributed by atoms with Crippen molar-refractivity contribution in [2.45, 2.75) is 57.2 Å². The van der Waals surface area contributed by atoms with Crippen LogP contribution in [0, 0.1) is 0 Å². The molecule has 0 amide bonds. The van der Waals surface area contributed by atoms with E-state index in [1.165, 1.54) is 44.9 Å². The van der Waals surface area contributed by atoms with Crippen LogP contribution < -0.4 is 0 Å². The first-order valence-electron chi connectivity index (χ1n) is 5.68. The topological polar surface area (TPSA) is 29.5 Å². The van der Waals surface area contributed by atoms with Crippen LogP contribution in [-0.2, 0) is 4.74 Å². The van der Waals surface area contributed by atoms with Crippen LogP contribution in [0.2, 0.25) is 0 Å². The van der Waals surface area contributed by atoms with Crippen LogP contribution >= 0.6 is 15.9 Å². The van der Waals surface area contributed by atoms with Crippen molar-refractivity contribution in [2.75, 3.05) is 11.9 Å². The van der Waals surface area contributed by atoms with Crippen molar-refractivity contribution in [3.8, 4) is 0 Å². The zero-order valence-corrected chi connectivity index (χ0v) is 10.3. The van der Waals surface area contributed by atoms with Gasteiger partial charge in [-0.05, 0) is 12.8 Å². The first-order valence-corrected chi connectivity index (χ1v) is 6.80. The van der Waals surface area contributed by atoms with Crippen LogP contribution in [0.5, 0.6) is 0 Å². The first-order chi connectivity index (χ1) is 6.83. The quantitative estimate of drug-likeness (QED) is 0.792. The van der Waals surface area contributed by atoms with E-state index in [1.54, 1.807) is 0 Å². The summed E-state index contributed by atoms with van der Waals surface area (Å²) in [6, 6.07) is 0. The molecule has 14 heavy (non-hydrogen) atoms. The van der Waals surface area contributed by atoms with Gasteiger partial charge in [-0.3, -0.25) is 0 Å². The highest BCUT2D eigenvalue weighted by Crippen LogP contribution is 2.19. The molecule has 0 bridgehead atoms. The number of rotatable bonds is 4. The van der Waals surface area contributed by atoms with Gasteiger partial charge in [-0.1, -0.05) is 48.0 Å². The number of hydrogen-bond donors (Lipinski definition) is 1. The van der Waals surface area contributed by atoms with E-state index in [0.29, 0.717) is 18.0 Å². The van der Waals surface area contributed by atoms with Crippen molar-refractivity contribution >= 4 is 15.9 Å².